The van der Waals surface area contributed by atoms with Crippen LogP contribution in [0.3, 0.4) is 0 Å². The molecule has 0 amide bonds. The van der Waals surface area contributed by atoms with Crippen LogP contribution in [0.1, 0.15) is 64.2 Å². The Hall–Kier alpha value is -1.93. The van der Waals surface area contributed by atoms with Gasteiger partial charge in [-0.25, -0.2) is 0 Å². The molecular formula is C24H34CoO6. The summed E-state index contributed by atoms with van der Waals surface area (Å²) in [6.45, 7) is 0. The van der Waals surface area contributed by atoms with Crippen molar-refractivity contribution < 1.29 is 43.5 Å². The van der Waals surface area contributed by atoms with Gasteiger partial charge in [0.15, 0.2) is 0 Å². The molecule has 4 N–H and O–H groups in total. The molecule has 2 aliphatic carbocycles. The molecule has 175 valence electrons. The SMILES string of the molecule is O.O.c1ccc(OC2CCCCC2)c([O][Co][O]c2ccccc2OC2CCCCC2)c1. The zero-order valence-corrected chi connectivity index (χ0v) is 18.9. The van der Waals surface area contributed by atoms with Gasteiger partial charge < -0.3 is 11.0 Å². The summed E-state index contributed by atoms with van der Waals surface area (Å²) in [5, 5.41) is 0. The zero-order valence-electron chi connectivity index (χ0n) is 17.8. The molecule has 0 radical (unpaired) electrons. The summed E-state index contributed by atoms with van der Waals surface area (Å²) in [4.78, 5) is 0. The first-order valence-corrected chi connectivity index (χ1v) is 11.7. The summed E-state index contributed by atoms with van der Waals surface area (Å²) in [7, 11) is 0. The van der Waals surface area contributed by atoms with Gasteiger partial charge in [0.1, 0.15) is 0 Å². The van der Waals surface area contributed by atoms with E-state index in [4.69, 9.17) is 17.2 Å². The predicted molar refractivity (Wildman–Crippen MR) is 116 cm³/mol. The van der Waals surface area contributed by atoms with Crippen molar-refractivity contribution in [2.75, 3.05) is 0 Å². The summed E-state index contributed by atoms with van der Waals surface area (Å²) < 4.78 is 24.2. The van der Waals surface area contributed by atoms with Gasteiger partial charge in [0.2, 0.25) is 0 Å². The summed E-state index contributed by atoms with van der Waals surface area (Å²) in [5.41, 5.74) is 0. The molecule has 0 heterocycles. The molecule has 2 saturated carbocycles. The van der Waals surface area contributed by atoms with Crippen molar-refractivity contribution in [3.8, 4) is 23.0 Å². The summed E-state index contributed by atoms with van der Waals surface area (Å²) in [6, 6.07) is 15.7. The first-order chi connectivity index (χ1) is 14.4. The maximum atomic E-state index is 6.20. The van der Waals surface area contributed by atoms with E-state index in [2.05, 4.69) is 0 Å². The molecule has 4 rings (SSSR count). The van der Waals surface area contributed by atoms with E-state index in [-0.39, 0.29) is 23.2 Å². The van der Waals surface area contributed by atoms with Crippen LogP contribution >= 0.6 is 0 Å². The van der Waals surface area contributed by atoms with Gasteiger partial charge in [-0.05, 0) is 0 Å². The van der Waals surface area contributed by atoms with Gasteiger partial charge >= 0.3 is 180 Å². The minimum absolute atomic E-state index is 0. The van der Waals surface area contributed by atoms with Crippen molar-refractivity contribution in [2.45, 2.75) is 76.4 Å². The van der Waals surface area contributed by atoms with Crippen LogP contribution in [0.4, 0.5) is 0 Å². The van der Waals surface area contributed by atoms with Crippen molar-refractivity contribution >= 4 is 0 Å². The molecule has 2 fully saturated rings. The molecule has 6 nitrogen and oxygen atoms in total. The molecule has 0 aliphatic heterocycles. The van der Waals surface area contributed by atoms with E-state index < -0.39 is 0 Å². The Morgan fingerprint density at radius 3 is 1.26 bits per heavy atom. The van der Waals surface area contributed by atoms with Crippen LogP contribution in [0, 0.1) is 0 Å². The van der Waals surface area contributed by atoms with E-state index in [1.165, 1.54) is 38.5 Å². The van der Waals surface area contributed by atoms with Crippen LogP contribution < -0.4 is 17.2 Å². The van der Waals surface area contributed by atoms with Gasteiger partial charge in [0, 0.05) is 0 Å². The van der Waals surface area contributed by atoms with Crippen LogP contribution in [-0.4, -0.2) is 23.2 Å². The molecule has 0 unspecified atom stereocenters. The normalized spacial score (nSPS) is 17.2. The molecule has 0 aromatic heterocycles. The van der Waals surface area contributed by atoms with Crippen LogP contribution in [0.5, 0.6) is 23.0 Å². The summed E-state index contributed by atoms with van der Waals surface area (Å²) >= 11 is 0.433. The minimum atomic E-state index is 0. The number of rotatable bonds is 8. The third-order valence-electron chi connectivity index (χ3n) is 5.59. The Morgan fingerprint density at radius 2 is 0.871 bits per heavy atom. The third-order valence-corrected chi connectivity index (χ3v) is 6.22. The first-order valence-electron chi connectivity index (χ1n) is 10.8. The van der Waals surface area contributed by atoms with Crippen molar-refractivity contribution in [3.63, 3.8) is 0 Å². The Morgan fingerprint density at radius 1 is 0.516 bits per heavy atom. The van der Waals surface area contributed by atoms with Gasteiger partial charge in [-0.3, -0.25) is 0 Å². The van der Waals surface area contributed by atoms with Gasteiger partial charge in [-0.15, -0.1) is 0 Å². The van der Waals surface area contributed by atoms with Crippen LogP contribution in [0.2, 0.25) is 0 Å². The van der Waals surface area contributed by atoms with E-state index in [1.807, 2.05) is 48.5 Å². The van der Waals surface area contributed by atoms with Gasteiger partial charge in [0.05, 0.1) is 0 Å². The monoisotopic (exact) mass is 477 g/mol. The Bertz CT molecular complexity index is 696. The van der Waals surface area contributed by atoms with Crippen LogP contribution in [0.15, 0.2) is 48.5 Å². The molecule has 0 atom stereocenters. The summed E-state index contributed by atoms with van der Waals surface area (Å²) in [6.07, 6.45) is 12.6. The fraction of sp³-hybridized carbons (Fsp3) is 0.500. The van der Waals surface area contributed by atoms with Crippen molar-refractivity contribution in [1.29, 1.82) is 0 Å². The van der Waals surface area contributed by atoms with E-state index in [9.17, 15) is 0 Å². The molecular weight excluding hydrogens is 443 g/mol. The second kappa shape index (κ2) is 13.5. The fourth-order valence-electron chi connectivity index (χ4n) is 4.01. The molecule has 7 heteroatoms. The number of hydrogen-bond acceptors (Lipinski definition) is 4. The number of ether oxygens (including phenoxy) is 2. The Balaban J connectivity index is 0.00000171. The Labute approximate surface area is 191 Å². The molecule has 0 spiro atoms. The topological polar surface area (TPSA) is 99.9 Å². The average molecular weight is 477 g/mol. The maximum absolute atomic E-state index is 6.20. The molecule has 0 bridgehead atoms. The van der Waals surface area contributed by atoms with Gasteiger partial charge in [0.25, 0.3) is 0 Å². The zero-order chi connectivity index (χ0) is 19.7. The summed E-state index contributed by atoms with van der Waals surface area (Å²) in [5.74, 6) is 3.01. The molecule has 0 saturated heterocycles. The standard InChI is InChI=1S/2C12H16O2.Co.2H2O/c2*13-11-8-4-5-9-12(11)14-10-6-2-1-3-7-10;;;/h2*4-5,8-10,13H,1-3,6-7H2;;2*1H2/q;;+2;;/p-2. The van der Waals surface area contributed by atoms with Crippen LogP contribution in [-0.2, 0) is 15.3 Å². The average Bonchev–Trinajstić information content (AvgIpc) is 2.78. The van der Waals surface area contributed by atoms with Crippen molar-refractivity contribution in [1.82, 2.24) is 0 Å². The number of benzene rings is 2. The third kappa shape index (κ3) is 7.61. The Kier molecular flexibility index (Phi) is 11.0. The van der Waals surface area contributed by atoms with E-state index in [0.29, 0.717) is 26.8 Å². The number of hydrogen-bond donors (Lipinski definition) is 0. The fourth-order valence-corrected chi connectivity index (χ4v) is 4.59. The van der Waals surface area contributed by atoms with E-state index in [0.717, 1.165) is 37.2 Å². The van der Waals surface area contributed by atoms with E-state index >= 15 is 0 Å². The second-order valence-electron chi connectivity index (χ2n) is 7.84. The van der Waals surface area contributed by atoms with Crippen LogP contribution in [0.25, 0.3) is 0 Å². The number of para-hydroxylation sites is 4. The second-order valence-corrected chi connectivity index (χ2v) is 8.44. The molecule has 2 aliphatic rings. The van der Waals surface area contributed by atoms with Crippen molar-refractivity contribution in [2.24, 2.45) is 0 Å². The molecule has 31 heavy (non-hydrogen) atoms. The molecule has 2 aromatic carbocycles. The van der Waals surface area contributed by atoms with E-state index in [1.54, 1.807) is 0 Å². The molecule has 2 aromatic rings. The quantitative estimate of drug-likeness (QED) is 0.544. The van der Waals surface area contributed by atoms with Gasteiger partial charge in [-0.1, -0.05) is 0 Å². The predicted octanol–water partition coefficient (Wildman–Crippen LogP) is 4.83. The van der Waals surface area contributed by atoms with Crippen molar-refractivity contribution in [3.05, 3.63) is 48.5 Å². The van der Waals surface area contributed by atoms with Gasteiger partial charge in [-0.2, -0.15) is 0 Å². The first kappa shape index (κ1) is 25.3.